The number of phenolic OH excluding ortho intramolecular Hbond substituents is 2. The molecule has 0 bridgehead atoms. The molecule has 1 aliphatic rings. The Morgan fingerprint density at radius 2 is 1.73 bits per heavy atom. The van der Waals surface area contributed by atoms with Gasteiger partial charge in [0.05, 0.1) is 38.2 Å². The highest BCUT2D eigenvalue weighted by atomic mass is 16.5. The molecular weight excluding hydrogens is 554 g/mol. The number of fused-ring (bicyclic) bond motifs is 4. The summed E-state index contributed by atoms with van der Waals surface area (Å²) in [5, 5.41) is 22.4. The van der Waals surface area contributed by atoms with Gasteiger partial charge < -0.3 is 24.4 Å². The van der Waals surface area contributed by atoms with Crippen LogP contribution < -0.4 is 14.0 Å². The van der Waals surface area contributed by atoms with Gasteiger partial charge >= 0.3 is 5.97 Å². The topological polar surface area (TPSA) is 89.1 Å². The Kier molecular flexibility index (Phi) is 9.14. The lowest BCUT2D eigenvalue weighted by Crippen LogP contribution is -2.41. The van der Waals surface area contributed by atoms with Gasteiger partial charge in [-0.1, -0.05) is 32.1 Å². The van der Waals surface area contributed by atoms with E-state index >= 15 is 0 Å². The second-order valence-electron chi connectivity index (χ2n) is 11.3. The minimum Gasteiger partial charge on any atom is -0.508 e. The van der Waals surface area contributed by atoms with Crippen molar-refractivity contribution in [3.63, 3.8) is 0 Å². The van der Waals surface area contributed by atoms with E-state index in [9.17, 15) is 15.0 Å². The van der Waals surface area contributed by atoms with E-state index in [-0.39, 0.29) is 30.5 Å². The molecule has 0 atom stereocenters. The lowest BCUT2D eigenvalue weighted by Gasteiger charge is -2.22. The number of aromatic hydroxyl groups is 2. The fraction of sp³-hybridized carbons (Fsp3) is 0.351. The van der Waals surface area contributed by atoms with Crippen LogP contribution in [-0.2, 0) is 41.8 Å². The van der Waals surface area contributed by atoms with Crippen LogP contribution in [0, 0.1) is 13.8 Å². The molecule has 230 valence electrons. The Morgan fingerprint density at radius 3 is 2.43 bits per heavy atom. The summed E-state index contributed by atoms with van der Waals surface area (Å²) >= 11 is 0. The zero-order valence-electron chi connectivity index (χ0n) is 26.5. The summed E-state index contributed by atoms with van der Waals surface area (Å²) in [7, 11) is 3.26. The highest BCUT2D eigenvalue weighted by Gasteiger charge is 2.32. The largest absolute Gasteiger partial charge is 0.508 e. The average molecular weight is 597 g/mol. The Balaban J connectivity index is 1.47. The summed E-state index contributed by atoms with van der Waals surface area (Å²) in [6, 6.07) is 10.1. The van der Waals surface area contributed by atoms with Gasteiger partial charge in [-0.15, -0.1) is 0 Å². The molecule has 2 N–H and O–H groups in total. The zero-order valence-corrected chi connectivity index (χ0v) is 26.5. The number of rotatable bonds is 10. The number of carbonyl (C=O) groups excluding carboxylic acids is 1. The van der Waals surface area contributed by atoms with Gasteiger partial charge in [0.25, 0.3) is 0 Å². The SMILES string of the molecule is CCc1cc2c(cc1CC)-c1c(CC(=O)OCC/C=C/c3cc(O)c(C)c(C)c3O)c3ccc(OC)c(OC)c3c[n+]1CC2. The molecule has 44 heavy (non-hydrogen) atoms. The third-order valence-electron chi connectivity index (χ3n) is 8.87. The molecule has 0 saturated heterocycles. The summed E-state index contributed by atoms with van der Waals surface area (Å²) < 4.78 is 19.4. The number of esters is 1. The first-order valence-electron chi connectivity index (χ1n) is 15.3. The molecule has 0 aliphatic carbocycles. The molecule has 2 heterocycles. The normalized spacial score (nSPS) is 12.3. The summed E-state index contributed by atoms with van der Waals surface area (Å²) in [5.41, 5.74) is 8.95. The van der Waals surface area contributed by atoms with E-state index in [1.807, 2.05) is 18.2 Å². The van der Waals surface area contributed by atoms with Crippen LogP contribution in [0.2, 0.25) is 0 Å². The van der Waals surface area contributed by atoms with Gasteiger partial charge in [-0.25, -0.2) is 0 Å². The minimum absolute atomic E-state index is 0.105. The molecule has 0 unspecified atom stereocenters. The van der Waals surface area contributed by atoms with Crippen LogP contribution in [0.3, 0.4) is 0 Å². The molecule has 1 aliphatic heterocycles. The predicted octanol–water partition coefficient (Wildman–Crippen LogP) is 6.71. The van der Waals surface area contributed by atoms with Gasteiger partial charge in [0.15, 0.2) is 24.2 Å². The molecule has 0 saturated carbocycles. The van der Waals surface area contributed by atoms with Crippen LogP contribution in [0.5, 0.6) is 23.0 Å². The van der Waals surface area contributed by atoms with Crippen LogP contribution in [0.25, 0.3) is 28.1 Å². The van der Waals surface area contributed by atoms with E-state index in [1.54, 1.807) is 34.1 Å². The molecule has 0 radical (unpaired) electrons. The average Bonchev–Trinajstić information content (AvgIpc) is 3.04. The summed E-state index contributed by atoms with van der Waals surface area (Å²) in [4.78, 5) is 13.4. The summed E-state index contributed by atoms with van der Waals surface area (Å²) in [6.07, 6.45) is 9.10. The Hall–Kier alpha value is -4.52. The number of aromatic nitrogens is 1. The van der Waals surface area contributed by atoms with Gasteiger partial charge in [-0.05, 0) is 85.2 Å². The molecule has 7 heteroatoms. The molecule has 0 fully saturated rings. The lowest BCUT2D eigenvalue weighted by atomic mass is 9.86. The van der Waals surface area contributed by atoms with Gasteiger partial charge in [-0.2, -0.15) is 4.57 Å². The van der Waals surface area contributed by atoms with E-state index in [1.165, 1.54) is 28.3 Å². The van der Waals surface area contributed by atoms with Crippen molar-refractivity contribution >= 4 is 22.8 Å². The number of nitrogens with zero attached hydrogens (tertiary/aromatic N) is 1. The van der Waals surface area contributed by atoms with Gasteiger partial charge in [0, 0.05) is 22.9 Å². The van der Waals surface area contributed by atoms with E-state index in [2.05, 4.69) is 36.7 Å². The second-order valence-corrected chi connectivity index (χ2v) is 11.3. The van der Waals surface area contributed by atoms with Crippen molar-refractivity contribution in [3.05, 3.63) is 81.5 Å². The maximum absolute atomic E-state index is 13.4. The smallest absolute Gasteiger partial charge is 0.310 e. The van der Waals surface area contributed by atoms with Crippen molar-refractivity contribution in [1.29, 1.82) is 0 Å². The lowest BCUT2D eigenvalue weighted by molar-refractivity contribution is -0.686. The first kappa shape index (κ1) is 30.9. The van der Waals surface area contributed by atoms with E-state index in [4.69, 9.17) is 14.2 Å². The van der Waals surface area contributed by atoms with Crippen LogP contribution in [0.1, 0.15) is 59.2 Å². The number of pyridine rings is 1. The predicted molar refractivity (Wildman–Crippen MR) is 173 cm³/mol. The second kappa shape index (κ2) is 13.0. The van der Waals surface area contributed by atoms with Crippen molar-refractivity contribution in [2.24, 2.45) is 0 Å². The fourth-order valence-electron chi connectivity index (χ4n) is 6.29. The number of aryl methyl sites for hydroxylation is 4. The quantitative estimate of drug-likeness (QED) is 0.0916. The fourth-order valence-corrected chi connectivity index (χ4v) is 6.29. The number of methoxy groups -OCH3 is 2. The van der Waals surface area contributed by atoms with E-state index in [0.29, 0.717) is 34.6 Å². The van der Waals surface area contributed by atoms with Crippen LogP contribution in [0.15, 0.2) is 42.6 Å². The first-order valence-corrected chi connectivity index (χ1v) is 15.3. The highest BCUT2D eigenvalue weighted by molar-refractivity contribution is 5.97. The van der Waals surface area contributed by atoms with E-state index < -0.39 is 0 Å². The van der Waals surface area contributed by atoms with Crippen molar-refractivity contribution in [3.8, 4) is 34.3 Å². The van der Waals surface area contributed by atoms with E-state index in [0.717, 1.165) is 47.8 Å². The Bertz CT molecular complexity index is 1770. The molecular formula is C37H42NO6+. The Morgan fingerprint density at radius 1 is 0.977 bits per heavy atom. The third-order valence-corrected chi connectivity index (χ3v) is 8.87. The van der Waals surface area contributed by atoms with Crippen LogP contribution in [0.4, 0.5) is 0 Å². The number of phenols is 2. The number of benzene rings is 3. The van der Waals surface area contributed by atoms with Crippen molar-refractivity contribution in [1.82, 2.24) is 0 Å². The van der Waals surface area contributed by atoms with Crippen LogP contribution in [-0.4, -0.2) is 37.0 Å². The maximum atomic E-state index is 13.4. The van der Waals surface area contributed by atoms with Crippen molar-refractivity contribution < 1.29 is 33.8 Å². The number of carbonyl (C=O) groups is 1. The molecule has 7 nitrogen and oxygen atoms in total. The number of ether oxygens (including phenoxy) is 3. The van der Waals surface area contributed by atoms with Crippen LogP contribution >= 0.6 is 0 Å². The van der Waals surface area contributed by atoms with Crippen molar-refractivity contribution in [2.75, 3.05) is 20.8 Å². The molecule has 3 aromatic carbocycles. The molecule has 0 spiro atoms. The molecule has 1 aromatic heterocycles. The van der Waals surface area contributed by atoms with Gasteiger partial charge in [-0.3, -0.25) is 4.79 Å². The van der Waals surface area contributed by atoms with Gasteiger partial charge in [0.2, 0.25) is 5.69 Å². The minimum atomic E-state index is -0.317. The standard InChI is InChI=1S/C37H41NO6/c1-7-24-17-26-14-15-38-21-31-28(12-13-33(42-5)37(31)43-6)30(35(38)29(26)18-25(24)8-2)20-34(40)44-16-10-9-11-27-19-32(39)22(3)23(4)36(27)41/h9,11-13,17-19,21H,7-8,10,14-16,20H2,1-6H3,(H-,39,41)/p+1/b11-9+. The monoisotopic (exact) mass is 596 g/mol. The maximum Gasteiger partial charge on any atom is 0.310 e. The molecule has 0 amide bonds. The molecule has 4 aromatic rings. The third kappa shape index (κ3) is 5.71. The summed E-state index contributed by atoms with van der Waals surface area (Å²) in [5.74, 6) is 1.23. The Labute approximate surface area is 259 Å². The van der Waals surface area contributed by atoms with Crippen molar-refractivity contribution in [2.45, 2.75) is 66.3 Å². The highest BCUT2D eigenvalue weighted by Crippen LogP contribution is 2.41. The first-order chi connectivity index (χ1) is 21.2. The van der Waals surface area contributed by atoms with Gasteiger partial charge in [0.1, 0.15) is 11.5 Å². The zero-order chi connectivity index (χ0) is 31.5. The summed E-state index contributed by atoms with van der Waals surface area (Å²) in [6.45, 7) is 8.90. The molecule has 5 rings (SSSR count). The number of hydrogen-bond acceptors (Lipinski definition) is 6. The number of hydrogen-bond donors (Lipinski definition) is 2.